The number of H-pyrrole nitrogens is 1. The van der Waals surface area contributed by atoms with Gasteiger partial charge in [0.25, 0.3) is 0 Å². The number of benzene rings is 1. The molecule has 0 saturated heterocycles. The summed E-state index contributed by atoms with van der Waals surface area (Å²) in [7, 11) is 0. The number of aromatic amines is 1. The molecule has 4 N–H and O–H groups in total. The van der Waals surface area contributed by atoms with Gasteiger partial charge in [-0.15, -0.1) is 0 Å². The topological polar surface area (TPSA) is 125 Å². The largest absolute Gasteiger partial charge is 0.393 e. The number of aromatic nitrogens is 6. The van der Waals surface area contributed by atoms with Gasteiger partial charge in [-0.3, -0.25) is 10.1 Å². The molecular weight excluding hydrogens is 500 g/mol. The fourth-order valence-corrected chi connectivity index (χ4v) is 4.66. The van der Waals surface area contributed by atoms with Crippen molar-refractivity contribution in [1.29, 1.82) is 0 Å². The smallest absolute Gasteiger partial charge is 0.229 e. The van der Waals surface area contributed by atoms with Crippen LogP contribution in [0.4, 0.5) is 17.5 Å². The lowest BCUT2D eigenvalue weighted by molar-refractivity contribution is 0.126. The summed E-state index contributed by atoms with van der Waals surface area (Å²) in [5.74, 6) is 7.52. The molecule has 5 aromatic rings. The van der Waals surface area contributed by atoms with E-state index < -0.39 is 0 Å². The van der Waals surface area contributed by atoms with Crippen molar-refractivity contribution in [3.8, 4) is 34.4 Å². The molecule has 4 heterocycles. The summed E-state index contributed by atoms with van der Waals surface area (Å²) in [6.07, 6.45) is 10.2. The number of hydrogen-bond donors (Lipinski definition) is 4. The average Bonchev–Trinajstić information content (AvgIpc) is 3.54. The zero-order valence-corrected chi connectivity index (χ0v) is 21.7. The number of nitrogens with zero attached hydrogens (tertiary/aromatic N) is 5. The first kappa shape index (κ1) is 25.2. The van der Waals surface area contributed by atoms with Crippen LogP contribution in [-0.4, -0.2) is 47.4 Å². The Hall–Kier alpha value is -5.07. The number of aliphatic hydroxyl groups is 1. The van der Waals surface area contributed by atoms with Crippen molar-refractivity contribution in [1.82, 2.24) is 30.1 Å². The Kier molecular flexibility index (Phi) is 7.42. The van der Waals surface area contributed by atoms with E-state index in [0.717, 1.165) is 65.3 Å². The fourth-order valence-electron chi connectivity index (χ4n) is 4.66. The van der Waals surface area contributed by atoms with Gasteiger partial charge in [0.05, 0.1) is 23.1 Å². The van der Waals surface area contributed by atoms with Gasteiger partial charge in [0, 0.05) is 47.6 Å². The molecule has 40 heavy (non-hydrogen) atoms. The summed E-state index contributed by atoms with van der Waals surface area (Å²) in [5.41, 5.74) is 5.96. The van der Waals surface area contributed by atoms with Crippen LogP contribution in [0.2, 0.25) is 0 Å². The summed E-state index contributed by atoms with van der Waals surface area (Å²) >= 11 is 0. The molecule has 9 heteroatoms. The first-order chi connectivity index (χ1) is 19.7. The monoisotopic (exact) mass is 528 g/mol. The summed E-state index contributed by atoms with van der Waals surface area (Å²) < 4.78 is 0. The molecule has 6 rings (SSSR count). The van der Waals surface area contributed by atoms with Gasteiger partial charge >= 0.3 is 0 Å². The molecule has 4 aromatic heterocycles. The predicted molar refractivity (Wildman–Crippen MR) is 155 cm³/mol. The lowest BCUT2D eigenvalue weighted by atomic mass is 9.93. The van der Waals surface area contributed by atoms with Gasteiger partial charge < -0.3 is 15.7 Å². The lowest BCUT2D eigenvalue weighted by Gasteiger charge is -2.27. The van der Waals surface area contributed by atoms with Crippen LogP contribution in [0.1, 0.15) is 36.9 Å². The van der Waals surface area contributed by atoms with E-state index in [-0.39, 0.29) is 12.1 Å². The number of hydrogen-bond acceptors (Lipinski definition) is 8. The molecule has 0 spiro atoms. The highest BCUT2D eigenvalue weighted by atomic mass is 16.3. The van der Waals surface area contributed by atoms with Crippen molar-refractivity contribution in [3.63, 3.8) is 0 Å². The van der Waals surface area contributed by atoms with E-state index in [1.165, 1.54) is 0 Å². The average molecular weight is 529 g/mol. The molecule has 198 valence electrons. The minimum Gasteiger partial charge on any atom is -0.393 e. The van der Waals surface area contributed by atoms with E-state index in [1.807, 2.05) is 60.7 Å². The molecule has 0 unspecified atom stereocenters. The number of nitrogens with one attached hydrogen (secondary N) is 3. The molecule has 1 aliphatic rings. The van der Waals surface area contributed by atoms with E-state index in [0.29, 0.717) is 11.6 Å². The predicted octanol–water partition coefficient (Wildman–Crippen LogP) is 5.18. The van der Waals surface area contributed by atoms with E-state index in [9.17, 15) is 5.11 Å². The summed E-state index contributed by atoms with van der Waals surface area (Å²) in [6, 6.07) is 19.6. The maximum absolute atomic E-state index is 9.90. The van der Waals surface area contributed by atoms with Crippen LogP contribution in [0.5, 0.6) is 0 Å². The molecule has 0 atom stereocenters. The normalized spacial score (nSPS) is 16.5. The zero-order valence-electron chi connectivity index (χ0n) is 21.7. The molecule has 9 nitrogen and oxygen atoms in total. The molecular formula is C31H28N8O. The minimum atomic E-state index is -0.216. The summed E-state index contributed by atoms with van der Waals surface area (Å²) in [5, 5.41) is 23.7. The lowest BCUT2D eigenvalue weighted by Crippen LogP contribution is -2.29. The standard InChI is InChI=1S/C31H28N8O/c40-26-12-10-23(11-13-26)36-30-27(29-3-1-2-16-33-29)20-34-31(38-30)37-24-7-4-21(5-8-24)6-9-25-19-22(14-17-32-25)28-15-18-35-39-28/h1-5,7-8,14-20,23,26,40H,10-13H2,(H,35,39)(H2,34,36,37,38). The van der Waals surface area contributed by atoms with Crippen LogP contribution in [-0.2, 0) is 0 Å². The van der Waals surface area contributed by atoms with Gasteiger partial charge in [0.15, 0.2) is 0 Å². The highest BCUT2D eigenvalue weighted by Crippen LogP contribution is 2.29. The van der Waals surface area contributed by atoms with Crippen molar-refractivity contribution >= 4 is 17.5 Å². The molecule has 1 aliphatic carbocycles. The van der Waals surface area contributed by atoms with Crippen LogP contribution in [0, 0.1) is 11.8 Å². The van der Waals surface area contributed by atoms with Crippen molar-refractivity contribution in [2.75, 3.05) is 10.6 Å². The van der Waals surface area contributed by atoms with Crippen LogP contribution >= 0.6 is 0 Å². The van der Waals surface area contributed by atoms with Gasteiger partial charge in [0.1, 0.15) is 11.5 Å². The second kappa shape index (κ2) is 11.8. The first-order valence-electron chi connectivity index (χ1n) is 13.3. The Bertz CT molecular complexity index is 1620. The van der Waals surface area contributed by atoms with E-state index in [2.05, 4.69) is 47.6 Å². The summed E-state index contributed by atoms with van der Waals surface area (Å²) in [4.78, 5) is 18.2. The highest BCUT2D eigenvalue weighted by Gasteiger charge is 2.21. The third-order valence-electron chi connectivity index (χ3n) is 6.81. The quantitative estimate of drug-likeness (QED) is 0.222. The van der Waals surface area contributed by atoms with E-state index in [1.54, 1.807) is 24.8 Å². The van der Waals surface area contributed by atoms with Crippen molar-refractivity contribution < 1.29 is 5.11 Å². The minimum absolute atomic E-state index is 0.216. The Morgan fingerprint density at radius 2 is 1.73 bits per heavy atom. The Morgan fingerprint density at radius 1 is 0.850 bits per heavy atom. The molecule has 0 aliphatic heterocycles. The SMILES string of the molecule is OC1CCC(Nc2nc(Nc3ccc(C#Cc4cc(-c5ccn[nH]5)ccn4)cc3)ncc2-c2ccccn2)CC1. The van der Waals surface area contributed by atoms with Gasteiger partial charge in [-0.05, 0) is 86.2 Å². The maximum atomic E-state index is 9.90. The van der Waals surface area contributed by atoms with E-state index >= 15 is 0 Å². The number of aliphatic hydroxyl groups excluding tert-OH is 1. The third kappa shape index (κ3) is 6.14. The van der Waals surface area contributed by atoms with Crippen molar-refractivity contribution in [3.05, 3.63) is 96.7 Å². The van der Waals surface area contributed by atoms with Gasteiger partial charge in [-0.2, -0.15) is 10.1 Å². The Balaban J connectivity index is 1.18. The molecule has 0 bridgehead atoms. The third-order valence-corrected chi connectivity index (χ3v) is 6.81. The second-order valence-electron chi connectivity index (χ2n) is 9.67. The Labute approximate surface area is 232 Å². The van der Waals surface area contributed by atoms with Crippen molar-refractivity contribution in [2.45, 2.75) is 37.8 Å². The van der Waals surface area contributed by atoms with Crippen LogP contribution in [0.15, 0.2) is 85.5 Å². The molecule has 1 aromatic carbocycles. The van der Waals surface area contributed by atoms with Gasteiger partial charge in [-0.25, -0.2) is 9.97 Å². The molecule has 0 radical (unpaired) electrons. The van der Waals surface area contributed by atoms with Gasteiger partial charge in [-0.1, -0.05) is 12.0 Å². The molecule has 0 amide bonds. The first-order valence-corrected chi connectivity index (χ1v) is 13.3. The summed E-state index contributed by atoms with van der Waals surface area (Å²) in [6.45, 7) is 0. The molecule has 1 saturated carbocycles. The highest BCUT2D eigenvalue weighted by molar-refractivity contribution is 5.73. The van der Waals surface area contributed by atoms with Crippen LogP contribution < -0.4 is 10.6 Å². The van der Waals surface area contributed by atoms with Crippen molar-refractivity contribution in [2.24, 2.45) is 0 Å². The fraction of sp³-hybridized carbons (Fsp3) is 0.194. The number of pyridine rings is 2. The van der Waals surface area contributed by atoms with Crippen LogP contribution in [0.3, 0.4) is 0 Å². The number of anilines is 3. The second-order valence-corrected chi connectivity index (χ2v) is 9.67. The van der Waals surface area contributed by atoms with E-state index in [4.69, 9.17) is 4.98 Å². The zero-order chi connectivity index (χ0) is 27.1. The maximum Gasteiger partial charge on any atom is 0.229 e. The Morgan fingerprint density at radius 3 is 2.50 bits per heavy atom. The van der Waals surface area contributed by atoms with Crippen LogP contribution in [0.25, 0.3) is 22.5 Å². The molecule has 1 fully saturated rings. The van der Waals surface area contributed by atoms with Gasteiger partial charge in [0.2, 0.25) is 5.95 Å². The number of rotatable bonds is 6.